The van der Waals surface area contributed by atoms with E-state index in [0.29, 0.717) is 30.2 Å². The Morgan fingerprint density at radius 1 is 1.28 bits per heavy atom. The SMILES string of the molecule is Cc1nc(NCCN)ncc1-c1ccccc1F. The highest BCUT2D eigenvalue weighted by atomic mass is 19.1. The van der Waals surface area contributed by atoms with Gasteiger partial charge in [0.25, 0.3) is 0 Å². The van der Waals surface area contributed by atoms with Crippen LogP contribution in [0.25, 0.3) is 11.1 Å². The Kier molecular flexibility index (Phi) is 3.84. The van der Waals surface area contributed by atoms with Gasteiger partial charge in [0.2, 0.25) is 5.95 Å². The molecule has 2 aromatic rings. The molecule has 2 rings (SSSR count). The number of benzene rings is 1. The van der Waals surface area contributed by atoms with Crippen LogP contribution in [0, 0.1) is 12.7 Å². The second-order valence-electron chi connectivity index (χ2n) is 3.89. The Hall–Kier alpha value is -2.01. The van der Waals surface area contributed by atoms with Crippen LogP contribution in [-0.4, -0.2) is 23.1 Å². The van der Waals surface area contributed by atoms with Crippen molar-refractivity contribution in [2.45, 2.75) is 6.92 Å². The molecule has 1 aromatic carbocycles. The molecule has 0 fully saturated rings. The Labute approximate surface area is 105 Å². The third-order valence-corrected chi connectivity index (χ3v) is 2.57. The van der Waals surface area contributed by atoms with Gasteiger partial charge in [0, 0.05) is 30.4 Å². The van der Waals surface area contributed by atoms with Gasteiger partial charge in [-0.15, -0.1) is 0 Å². The number of hydrogen-bond acceptors (Lipinski definition) is 4. The van der Waals surface area contributed by atoms with Crippen LogP contribution in [-0.2, 0) is 0 Å². The molecule has 0 saturated carbocycles. The molecule has 18 heavy (non-hydrogen) atoms. The molecule has 1 aromatic heterocycles. The summed E-state index contributed by atoms with van der Waals surface area (Å²) in [5.74, 6) is 0.241. The van der Waals surface area contributed by atoms with E-state index in [4.69, 9.17) is 5.73 Å². The molecule has 0 spiro atoms. The zero-order valence-corrected chi connectivity index (χ0v) is 10.2. The van der Waals surface area contributed by atoms with Gasteiger partial charge in [-0.2, -0.15) is 0 Å². The van der Waals surface area contributed by atoms with Gasteiger partial charge in [0.15, 0.2) is 0 Å². The Morgan fingerprint density at radius 3 is 2.72 bits per heavy atom. The molecule has 0 aliphatic rings. The van der Waals surface area contributed by atoms with Gasteiger partial charge in [-0.3, -0.25) is 0 Å². The maximum Gasteiger partial charge on any atom is 0.222 e. The van der Waals surface area contributed by atoms with Crippen LogP contribution >= 0.6 is 0 Å². The quantitative estimate of drug-likeness (QED) is 0.865. The molecule has 0 aliphatic heterocycles. The van der Waals surface area contributed by atoms with E-state index in [0.717, 1.165) is 5.69 Å². The third kappa shape index (κ3) is 2.62. The van der Waals surface area contributed by atoms with Crippen LogP contribution < -0.4 is 11.1 Å². The summed E-state index contributed by atoms with van der Waals surface area (Å²) in [5, 5.41) is 2.99. The topological polar surface area (TPSA) is 63.8 Å². The van der Waals surface area contributed by atoms with Gasteiger partial charge in [-0.1, -0.05) is 18.2 Å². The molecule has 0 bridgehead atoms. The average Bonchev–Trinajstić information content (AvgIpc) is 2.38. The second-order valence-corrected chi connectivity index (χ2v) is 3.89. The van der Waals surface area contributed by atoms with E-state index in [2.05, 4.69) is 15.3 Å². The maximum absolute atomic E-state index is 13.7. The van der Waals surface area contributed by atoms with Crippen LogP contribution in [0.3, 0.4) is 0 Å². The van der Waals surface area contributed by atoms with Gasteiger partial charge in [0.1, 0.15) is 5.82 Å². The molecule has 1 heterocycles. The normalized spacial score (nSPS) is 10.4. The molecule has 0 unspecified atom stereocenters. The lowest BCUT2D eigenvalue weighted by Crippen LogP contribution is -2.15. The highest BCUT2D eigenvalue weighted by Crippen LogP contribution is 2.24. The molecule has 94 valence electrons. The molecule has 4 nitrogen and oxygen atoms in total. The van der Waals surface area contributed by atoms with Crippen molar-refractivity contribution in [3.05, 3.63) is 42.0 Å². The number of nitrogens with one attached hydrogen (secondary N) is 1. The fourth-order valence-electron chi connectivity index (χ4n) is 1.68. The van der Waals surface area contributed by atoms with Crippen molar-refractivity contribution in [2.75, 3.05) is 18.4 Å². The lowest BCUT2D eigenvalue weighted by Gasteiger charge is -2.08. The van der Waals surface area contributed by atoms with Gasteiger partial charge in [-0.25, -0.2) is 14.4 Å². The van der Waals surface area contributed by atoms with E-state index >= 15 is 0 Å². The molecular formula is C13H15FN4. The van der Waals surface area contributed by atoms with Crippen molar-refractivity contribution in [2.24, 2.45) is 5.73 Å². The molecule has 0 amide bonds. The van der Waals surface area contributed by atoms with Crippen LogP contribution in [0.15, 0.2) is 30.5 Å². The average molecular weight is 246 g/mol. The number of anilines is 1. The lowest BCUT2D eigenvalue weighted by atomic mass is 10.1. The van der Waals surface area contributed by atoms with Crippen molar-refractivity contribution in [1.82, 2.24) is 9.97 Å². The smallest absolute Gasteiger partial charge is 0.222 e. The van der Waals surface area contributed by atoms with E-state index in [1.165, 1.54) is 6.07 Å². The summed E-state index contributed by atoms with van der Waals surface area (Å²) >= 11 is 0. The molecule has 0 radical (unpaired) electrons. The summed E-state index contributed by atoms with van der Waals surface area (Å²) < 4.78 is 13.7. The molecule has 0 aliphatic carbocycles. The minimum absolute atomic E-state index is 0.271. The van der Waals surface area contributed by atoms with Gasteiger partial charge >= 0.3 is 0 Å². The number of aromatic nitrogens is 2. The van der Waals surface area contributed by atoms with Crippen LogP contribution in [0.2, 0.25) is 0 Å². The largest absolute Gasteiger partial charge is 0.353 e. The first-order chi connectivity index (χ1) is 8.72. The predicted molar refractivity (Wildman–Crippen MR) is 69.7 cm³/mol. The Morgan fingerprint density at radius 2 is 2.06 bits per heavy atom. The fourth-order valence-corrected chi connectivity index (χ4v) is 1.68. The van der Waals surface area contributed by atoms with Crippen molar-refractivity contribution >= 4 is 5.95 Å². The number of halogens is 1. The van der Waals surface area contributed by atoms with Crippen LogP contribution in [0.1, 0.15) is 5.69 Å². The summed E-state index contributed by atoms with van der Waals surface area (Å²) in [6.45, 7) is 2.95. The standard InChI is InChI=1S/C13H15FN4/c1-9-11(10-4-2-3-5-12(10)14)8-17-13(18-9)16-7-6-15/h2-5,8H,6-7,15H2,1H3,(H,16,17,18). The minimum Gasteiger partial charge on any atom is -0.353 e. The van der Waals surface area contributed by atoms with E-state index in [-0.39, 0.29) is 5.82 Å². The monoisotopic (exact) mass is 246 g/mol. The van der Waals surface area contributed by atoms with Crippen LogP contribution in [0.4, 0.5) is 10.3 Å². The Bertz CT molecular complexity index is 542. The summed E-state index contributed by atoms with van der Waals surface area (Å²) in [6.07, 6.45) is 1.62. The number of hydrogen-bond donors (Lipinski definition) is 2. The van der Waals surface area contributed by atoms with Gasteiger partial charge in [-0.05, 0) is 13.0 Å². The summed E-state index contributed by atoms with van der Waals surface area (Å²) in [7, 11) is 0. The lowest BCUT2D eigenvalue weighted by molar-refractivity contribution is 0.631. The number of nitrogens with zero attached hydrogens (tertiary/aromatic N) is 2. The molecular weight excluding hydrogens is 231 g/mol. The predicted octanol–water partition coefficient (Wildman–Crippen LogP) is 1.96. The van der Waals surface area contributed by atoms with Crippen molar-refractivity contribution < 1.29 is 4.39 Å². The first-order valence-corrected chi connectivity index (χ1v) is 5.75. The van der Waals surface area contributed by atoms with Crippen molar-refractivity contribution in [3.63, 3.8) is 0 Å². The van der Waals surface area contributed by atoms with E-state index in [9.17, 15) is 4.39 Å². The first kappa shape index (κ1) is 12.4. The fraction of sp³-hybridized carbons (Fsp3) is 0.231. The number of rotatable bonds is 4. The van der Waals surface area contributed by atoms with Crippen LogP contribution in [0.5, 0.6) is 0 Å². The Balaban J connectivity index is 2.33. The summed E-state index contributed by atoms with van der Waals surface area (Å²) in [4.78, 5) is 8.43. The third-order valence-electron chi connectivity index (χ3n) is 2.57. The number of aryl methyl sites for hydroxylation is 1. The van der Waals surface area contributed by atoms with E-state index < -0.39 is 0 Å². The second kappa shape index (κ2) is 5.55. The van der Waals surface area contributed by atoms with E-state index in [1.807, 2.05) is 6.92 Å². The number of nitrogens with two attached hydrogens (primary N) is 1. The summed E-state index contributed by atoms with van der Waals surface area (Å²) in [6, 6.07) is 6.59. The van der Waals surface area contributed by atoms with Gasteiger partial charge < -0.3 is 11.1 Å². The molecule has 0 saturated heterocycles. The maximum atomic E-state index is 13.7. The van der Waals surface area contributed by atoms with Crippen molar-refractivity contribution in [1.29, 1.82) is 0 Å². The summed E-state index contributed by atoms with van der Waals surface area (Å²) in [5.41, 5.74) is 7.33. The highest BCUT2D eigenvalue weighted by molar-refractivity contribution is 5.66. The van der Waals surface area contributed by atoms with Crippen molar-refractivity contribution in [3.8, 4) is 11.1 Å². The molecule has 3 N–H and O–H groups in total. The molecule has 0 atom stereocenters. The molecule has 5 heteroatoms. The zero-order valence-electron chi connectivity index (χ0n) is 10.2. The van der Waals surface area contributed by atoms with E-state index in [1.54, 1.807) is 24.4 Å². The minimum atomic E-state index is -0.271. The van der Waals surface area contributed by atoms with Gasteiger partial charge in [0.05, 0.1) is 5.69 Å². The zero-order chi connectivity index (χ0) is 13.0. The highest BCUT2D eigenvalue weighted by Gasteiger charge is 2.09. The first-order valence-electron chi connectivity index (χ1n) is 5.75.